The molecule has 1 aliphatic heterocycles. The quantitative estimate of drug-likeness (QED) is 0.292. The maximum absolute atomic E-state index is 14.8. The summed E-state index contributed by atoms with van der Waals surface area (Å²) in [5.74, 6) is -0.375. The molecule has 0 aliphatic carbocycles. The molecule has 2 unspecified atom stereocenters. The van der Waals surface area contributed by atoms with Gasteiger partial charge in [0.2, 0.25) is 5.91 Å². The van der Waals surface area contributed by atoms with Gasteiger partial charge in [-0.3, -0.25) is 9.78 Å². The molecule has 5 rings (SSSR count). The zero-order valence-electron chi connectivity index (χ0n) is 21.6. The summed E-state index contributed by atoms with van der Waals surface area (Å²) in [7, 11) is 0. The van der Waals surface area contributed by atoms with Gasteiger partial charge in [0.1, 0.15) is 5.82 Å². The van der Waals surface area contributed by atoms with E-state index >= 15 is 0 Å². The van der Waals surface area contributed by atoms with Crippen LogP contribution in [-0.4, -0.2) is 32.0 Å². The Labute approximate surface area is 227 Å². The van der Waals surface area contributed by atoms with Crippen molar-refractivity contribution in [2.24, 2.45) is 0 Å². The highest BCUT2D eigenvalue weighted by Crippen LogP contribution is 2.41. The van der Waals surface area contributed by atoms with Gasteiger partial charge in [0.05, 0.1) is 23.5 Å². The Morgan fingerprint density at radius 2 is 1.79 bits per heavy atom. The first-order valence-electron chi connectivity index (χ1n) is 12.6. The lowest BCUT2D eigenvalue weighted by Crippen LogP contribution is -2.32. The smallest absolute Gasteiger partial charge is 0.226 e. The Kier molecular flexibility index (Phi) is 7.24. The van der Waals surface area contributed by atoms with Crippen molar-refractivity contribution in [1.82, 2.24) is 19.8 Å². The van der Waals surface area contributed by atoms with Gasteiger partial charge in [0.15, 0.2) is 5.11 Å². The van der Waals surface area contributed by atoms with E-state index in [2.05, 4.69) is 26.6 Å². The van der Waals surface area contributed by atoms with E-state index in [4.69, 9.17) is 12.2 Å². The molecule has 1 saturated heterocycles. The third kappa shape index (κ3) is 5.04. The van der Waals surface area contributed by atoms with Crippen molar-refractivity contribution >= 4 is 28.9 Å². The number of nitrogens with one attached hydrogen (secondary N) is 2. The zero-order chi connectivity index (χ0) is 26.8. The molecule has 0 radical (unpaired) electrons. The molecule has 2 N–H and O–H groups in total. The Bertz CT molecular complexity index is 1470. The van der Waals surface area contributed by atoms with Crippen molar-refractivity contribution in [2.75, 3.05) is 11.9 Å². The van der Waals surface area contributed by atoms with Crippen molar-refractivity contribution in [1.29, 1.82) is 0 Å². The van der Waals surface area contributed by atoms with Gasteiger partial charge in [-0.05, 0) is 81.0 Å². The molecule has 8 heteroatoms. The van der Waals surface area contributed by atoms with Crippen LogP contribution in [0.25, 0.3) is 5.69 Å². The maximum atomic E-state index is 14.8. The number of rotatable bonds is 7. The summed E-state index contributed by atoms with van der Waals surface area (Å²) in [5, 5.41) is 6.97. The Morgan fingerprint density at radius 1 is 1.05 bits per heavy atom. The molecule has 1 aliphatic rings. The van der Waals surface area contributed by atoms with Gasteiger partial charge in [-0.25, -0.2) is 4.39 Å². The van der Waals surface area contributed by atoms with E-state index in [9.17, 15) is 9.18 Å². The SMILES string of the molecule is Cc1ccc(NC(=O)CCN2C(=S)NC(c3ccccn3)C2c2cc(C)n(-c3ccccc3F)c2C)cc1. The van der Waals surface area contributed by atoms with Crippen LogP contribution in [-0.2, 0) is 4.79 Å². The summed E-state index contributed by atoms with van der Waals surface area (Å²) in [4.78, 5) is 19.5. The van der Waals surface area contributed by atoms with Crippen molar-refractivity contribution in [3.05, 3.63) is 113 Å². The number of amides is 1. The molecule has 38 heavy (non-hydrogen) atoms. The standard InChI is InChI=1S/C30H30FN5OS/c1-19-11-13-22(14-12-19)33-27(37)15-17-35-29(28(34-30(35)38)25-9-6-7-16-32-25)23-18-20(2)36(21(23)3)26-10-5-4-8-24(26)31/h4-14,16,18,28-29H,15,17H2,1-3H3,(H,33,37)(H,34,38). The number of aryl methyl sites for hydroxylation is 2. The number of halogens is 1. The van der Waals surface area contributed by atoms with E-state index in [1.54, 1.807) is 18.3 Å². The Morgan fingerprint density at radius 3 is 2.50 bits per heavy atom. The molecule has 2 aromatic carbocycles. The highest BCUT2D eigenvalue weighted by molar-refractivity contribution is 7.80. The molecule has 1 fully saturated rings. The first-order valence-corrected chi connectivity index (χ1v) is 13.0. The Balaban J connectivity index is 1.47. The zero-order valence-corrected chi connectivity index (χ0v) is 22.4. The van der Waals surface area contributed by atoms with Crippen LogP contribution >= 0.6 is 12.2 Å². The summed E-state index contributed by atoms with van der Waals surface area (Å²) >= 11 is 5.78. The first-order chi connectivity index (χ1) is 18.3. The lowest BCUT2D eigenvalue weighted by Gasteiger charge is -2.28. The number of pyridine rings is 1. The maximum Gasteiger partial charge on any atom is 0.226 e. The van der Waals surface area contributed by atoms with Gasteiger partial charge in [-0.1, -0.05) is 35.9 Å². The molecule has 0 spiro atoms. The normalized spacial score (nSPS) is 16.9. The minimum Gasteiger partial charge on any atom is -0.352 e. The molecule has 6 nitrogen and oxygen atoms in total. The molecular formula is C30H30FN5OS. The molecule has 3 heterocycles. The fourth-order valence-corrected chi connectivity index (χ4v) is 5.49. The highest BCUT2D eigenvalue weighted by Gasteiger charge is 2.41. The monoisotopic (exact) mass is 527 g/mol. The van der Waals surface area contributed by atoms with Crippen LogP contribution in [0.15, 0.2) is 79.0 Å². The van der Waals surface area contributed by atoms with Gasteiger partial charge in [0, 0.05) is 36.2 Å². The van der Waals surface area contributed by atoms with Crippen LogP contribution in [0.2, 0.25) is 0 Å². The number of hydrogen-bond acceptors (Lipinski definition) is 3. The van der Waals surface area contributed by atoms with E-state index in [1.165, 1.54) is 6.07 Å². The van der Waals surface area contributed by atoms with E-state index in [0.717, 1.165) is 33.9 Å². The molecule has 1 amide bonds. The molecule has 0 bridgehead atoms. The average Bonchev–Trinajstić information content (AvgIpc) is 3.39. The highest BCUT2D eigenvalue weighted by atomic mass is 32.1. The lowest BCUT2D eigenvalue weighted by atomic mass is 9.96. The second-order valence-electron chi connectivity index (χ2n) is 9.60. The summed E-state index contributed by atoms with van der Waals surface area (Å²) in [6.07, 6.45) is 2.02. The van der Waals surface area contributed by atoms with Crippen molar-refractivity contribution in [3.8, 4) is 5.69 Å². The second-order valence-corrected chi connectivity index (χ2v) is 9.98. The van der Waals surface area contributed by atoms with Crippen LogP contribution in [0.3, 0.4) is 0 Å². The molecule has 0 saturated carbocycles. The van der Waals surface area contributed by atoms with Crippen LogP contribution in [0, 0.1) is 26.6 Å². The first kappa shape index (κ1) is 25.6. The number of hydrogen-bond donors (Lipinski definition) is 2. The number of nitrogens with zero attached hydrogens (tertiary/aromatic N) is 3. The van der Waals surface area contributed by atoms with Crippen molar-refractivity contribution in [2.45, 2.75) is 39.3 Å². The molecule has 2 aromatic heterocycles. The second kappa shape index (κ2) is 10.8. The van der Waals surface area contributed by atoms with Gasteiger partial charge in [-0.15, -0.1) is 0 Å². The third-order valence-corrected chi connectivity index (χ3v) is 7.35. The topological polar surface area (TPSA) is 62.2 Å². The van der Waals surface area contributed by atoms with Crippen LogP contribution in [0.5, 0.6) is 0 Å². The number of carbonyl (C=O) groups excluding carboxylic acids is 1. The van der Waals surface area contributed by atoms with Crippen LogP contribution in [0.1, 0.15) is 46.7 Å². The van der Waals surface area contributed by atoms with E-state index in [1.807, 2.05) is 73.9 Å². The predicted molar refractivity (Wildman–Crippen MR) is 152 cm³/mol. The predicted octanol–water partition coefficient (Wildman–Crippen LogP) is 5.94. The largest absolute Gasteiger partial charge is 0.352 e. The fraction of sp³-hybridized carbons (Fsp3) is 0.233. The molecule has 194 valence electrons. The fourth-order valence-electron chi connectivity index (χ4n) is 5.16. The van der Waals surface area contributed by atoms with Crippen molar-refractivity contribution < 1.29 is 9.18 Å². The van der Waals surface area contributed by atoms with Crippen LogP contribution in [0.4, 0.5) is 10.1 Å². The van der Waals surface area contributed by atoms with E-state index < -0.39 is 0 Å². The summed E-state index contributed by atoms with van der Waals surface area (Å²) in [5.41, 5.74) is 6.08. The Hall–Kier alpha value is -4.04. The minimum atomic E-state index is -0.285. The lowest BCUT2D eigenvalue weighted by molar-refractivity contribution is -0.116. The summed E-state index contributed by atoms with van der Waals surface area (Å²) < 4.78 is 16.7. The van der Waals surface area contributed by atoms with Gasteiger partial charge in [0.25, 0.3) is 0 Å². The number of aromatic nitrogens is 2. The number of carbonyl (C=O) groups is 1. The van der Waals surface area contributed by atoms with Crippen molar-refractivity contribution in [3.63, 3.8) is 0 Å². The van der Waals surface area contributed by atoms with E-state index in [-0.39, 0.29) is 30.2 Å². The molecule has 2 atom stereocenters. The summed E-state index contributed by atoms with van der Waals surface area (Å²) in [6.45, 7) is 6.39. The van der Waals surface area contributed by atoms with Gasteiger partial charge >= 0.3 is 0 Å². The number of anilines is 1. The minimum absolute atomic E-state index is 0.0893. The molecule has 4 aromatic rings. The number of benzene rings is 2. The number of thiocarbonyl (C=S) groups is 1. The van der Waals surface area contributed by atoms with E-state index in [0.29, 0.717) is 17.3 Å². The summed E-state index contributed by atoms with van der Waals surface area (Å²) in [6, 6.07) is 21.9. The number of para-hydroxylation sites is 1. The van der Waals surface area contributed by atoms with Gasteiger partial charge in [-0.2, -0.15) is 0 Å². The van der Waals surface area contributed by atoms with Gasteiger partial charge < -0.3 is 20.1 Å². The van der Waals surface area contributed by atoms with Crippen LogP contribution < -0.4 is 10.6 Å². The third-order valence-electron chi connectivity index (χ3n) is 7.00. The average molecular weight is 528 g/mol. The molecular weight excluding hydrogens is 497 g/mol.